The highest BCUT2D eigenvalue weighted by atomic mass is 15.3. The molecule has 2 nitrogen and oxygen atoms in total. The van der Waals surface area contributed by atoms with Gasteiger partial charge in [0.15, 0.2) is 0 Å². The first-order valence-electron chi connectivity index (χ1n) is 6.45. The van der Waals surface area contributed by atoms with Gasteiger partial charge in [-0.15, -0.1) is 0 Å². The minimum atomic E-state index is 0.813. The minimum absolute atomic E-state index is 0.813. The van der Waals surface area contributed by atoms with Crippen molar-refractivity contribution in [3.05, 3.63) is 78.1 Å². The lowest BCUT2D eigenvalue weighted by Crippen LogP contribution is -1.99. The molecule has 0 saturated carbocycles. The summed E-state index contributed by atoms with van der Waals surface area (Å²) >= 11 is 0. The second-order valence-corrected chi connectivity index (χ2v) is 4.78. The molecule has 2 heteroatoms. The van der Waals surface area contributed by atoms with Gasteiger partial charge in [0.05, 0.1) is 12.7 Å². The van der Waals surface area contributed by atoms with Crippen molar-refractivity contribution < 1.29 is 0 Å². The second-order valence-electron chi connectivity index (χ2n) is 4.78. The molecular formula is C17H16N2. The number of aryl methyl sites for hydroxylation is 1. The molecule has 0 spiro atoms. The number of aromatic nitrogens is 2. The van der Waals surface area contributed by atoms with Crippen LogP contribution in [-0.4, -0.2) is 9.78 Å². The fraction of sp³-hybridized carbons (Fsp3) is 0.118. The average molecular weight is 248 g/mol. The van der Waals surface area contributed by atoms with Crippen molar-refractivity contribution in [2.24, 2.45) is 0 Å². The summed E-state index contributed by atoms with van der Waals surface area (Å²) in [6.45, 7) is 2.91. The van der Waals surface area contributed by atoms with Gasteiger partial charge in [-0.2, -0.15) is 5.10 Å². The Kier molecular flexibility index (Phi) is 3.15. The molecule has 0 radical (unpaired) electrons. The first kappa shape index (κ1) is 11.7. The maximum Gasteiger partial charge on any atom is 0.0659 e. The molecule has 1 aromatic heterocycles. The summed E-state index contributed by atoms with van der Waals surface area (Å²) in [4.78, 5) is 0. The Morgan fingerprint density at radius 1 is 0.895 bits per heavy atom. The van der Waals surface area contributed by atoms with Crippen molar-refractivity contribution in [2.75, 3.05) is 0 Å². The predicted molar refractivity (Wildman–Crippen MR) is 77.9 cm³/mol. The standard InChI is InChI=1S/C17H16N2/c1-14-7-9-15(10-8-14)12-19-13-17(11-18-19)16-5-3-2-4-6-16/h2-11,13H,12H2,1H3. The highest BCUT2D eigenvalue weighted by Gasteiger charge is 2.01. The summed E-state index contributed by atoms with van der Waals surface area (Å²) in [5.74, 6) is 0. The van der Waals surface area contributed by atoms with Crippen LogP contribution in [-0.2, 0) is 6.54 Å². The van der Waals surface area contributed by atoms with E-state index in [-0.39, 0.29) is 0 Å². The van der Waals surface area contributed by atoms with Gasteiger partial charge in [0, 0.05) is 11.8 Å². The summed E-state index contributed by atoms with van der Waals surface area (Å²) in [6.07, 6.45) is 4.01. The van der Waals surface area contributed by atoms with Crippen LogP contribution in [0.2, 0.25) is 0 Å². The van der Waals surface area contributed by atoms with Crippen molar-refractivity contribution in [2.45, 2.75) is 13.5 Å². The van der Waals surface area contributed by atoms with E-state index in [2.05, 4.69) is 54.6 Å². The molecule has 0 unspecified atom stereocenters. The van der Waals surface area contributed by atoms with Crippen LogP contribution in [0.4, 0.5) is 0 Å². The van der Waals surface area contributed by atoms with Crippen molar-refractivity contribution in [3.63, 3.8) is 0 Å². The molecule has 0 aliphatic carbocycles. The monoisotopic (exact) mass is 248 g/mol. The molecule has 0 fully saturated rings. The number of hydrogen-bond acceptors (Lipinski definition) is 1. The van der Waals surface area contributed by atoms with Gasteiger partial charge >= 0.3 is 0 Å². The summed E-state index contributed by atoms with van der Waals surface area (Å²) in [6, 6.07) is 18.9. The van der Waals surface area contributed by atoms with Crippen LogP contribution in [0, 0.1) is 6.92 Å². The van der Waals surface area contributed by atoms with E-state index in [0.29, 0.717) is 0 Å². The lowest BCUT2D eigenvalue weighted by Gasteiger charge is -2.02. The first-order valence-corrected chi connectivity index (χ1v) is 6.45. The van der Waals surface area contributed by atoms with Gasteiger partial charge in [-0.25, -0.2) is 0 Å². The molecule has 2 aromatic carbocycles. The largest absolute Gasteiger partial charge is 0.268 e. The summed E-state index contributed by atoms with van der Waals surface area (Å²) < 4.78 is 1.98. The molecule has 0 N–H and O–H groups in total. The van der Waals surface area contributed by atoms with Crippen LogP contribution in [0.5, 0.6) is 0 Å². The lowest BCUT2D eigenvalue weighted by molar-refractivity contribution is 0.687. The van der Waals surface area contributed by atoms with Crippen LogP contribution >= 0.6 is 0 Å². The van der Waals surface area contributed by atoms with E-state index in [1.165, 1.54) is 16.7 Å². The van der Waals surface area contributed by atoms with Gasteiger partial charge in [-0.05, 0) is 18.1 Å². The normalized spacial score (nSPS) is 10.6. The third kappa shape index (κ3) is 2.74. The van der Waals surface area contributed by atoms with Crippen LogP contribution < -0.4 is 0 Å². The van der Waals surface area contributed by atoms with E-state index in [1.54, 1.807) is 0 Å². The van der Waals surface area contributed by atoms with Crippen molar-refractivity contribution >= 4 is 0 Å². The molecule has 3 aromatic rings. The molecule has 1 heterocycles. The zero-order valence-electron chi connectivity index (χ0n) is 11.0. The average Bonchev–Trinajstić information content (AvgIpc) is 2.91. The summed E-state index contributed by atoms with van der Waals surface area (Å²) in [5.41, 5.74) is 4.92. The lowest BCUT2D eigenvalue weighted by atomic mass is 10.1. The van der Waals surface area contributed by atoms with E-state index in [1.807, 2.05) is 29.1 Å². The highest BCUT2D eigenvalue weighted by Crippen LogP contribution is 2.18. The smallest absolute Gasteiger partial charge is 0.0659 e. The van der Waals surface area contributed by atoms with Crippen LogP contribution in [0.15, 0.2) is 67.0 Å². The maximum atomic E-state index is 4.43. The third-order valence-electron chi connectivity index (χ3n) is 3.21. The molecule has 0 bridgehead atoms. The quantitative estimate of drug-likeness (QED) is 0.687. The molecule has 0 amide bonds. The Labute approximate surface area is 113 Å². The van der Waals surface area contributed by atoms with Gasteiger partial charge in [-0.1, -0.05) is 60.2 Å². The Morgan fingerprint density at radius 3 is 2.37 bits per heavy atom. The molecule has 0 aliphatic heterocycles. The van der Waals surface area contributed by atoms with Crippen LogP contribution in [0.1, 0.15) is 11.1 Å². The van der Waals surface area contributed by atoms with E-state index in [4.69, 9.17) is 0 Å². The Hall–Kier alpha value is -2.35. The maximum absolute atomic E-state index is 4.43. The van der Waals surface area contributed by atoms with E-state index in [9.17, 15) is 0 Å². The highest BCUT2D eigenvalue weighted by molar-refractivity contribution is 5.61. The Balaban J connectivity index is 1.80. The van der Waals surface area contributed by atoms with Crippen molar-refractivity contribution in [3.8, 4) is 11.1 Å². The summed E-state index contributed by atoms with van der Waals surface area (Å²) in [5, 5.41) is 4.43. The molecule has 19 heavy (non-hydrogen) atoms. The zero-order valence-corrected chi connectivity index (χ0v) is 11.0. The van der Waals surface area contributed by atoms with Gasteiger partial charge in [0.1, 0.15) is 0 Å². The SMILES string of the molecule is Cc1ccc(Cn2cc(-c3ccccc3)cn2)cc1. The molecule has 94 valence electrons. The van der Waals surface area contributed by atoms with Crippen LogP contribution in [0.25, 0.3) is 11.1 Å². The van der Waals surface area contributed by atoms with E-state index < -0.39 is 0 Å². The molecule has 3 rings (SSSR count). The van der Waals surface area contributed by atoms with Gasteiger partial charge in [0.25, 0.3) is 0 Å². The van der Waals surface area contributed by atoms with Crippen LogP contribution in [0.3, 0.4) is 0 Å². The Bertz CT molecular complexity index is 651. The topological polar surface area (TPSA) is 17.8 Å². The van der Waals surface area contributed by atoms with E-state index >= 15 is 0 Å². The van der Waals surface area contributed by atoms with Gasteiger partial charge in [0.2, 0.25) is 0 Å². The number of benzene rings is 2. The van der Waals surface area contributed by atoms with Gasteiger partial charge in [-0.3, -0.25) is 4.68 Å². The number of rotatable bonds is 3. The number of hydrogen-bond donors (Lipinski definition) is 0. The number of nitrogens with zero attached hydrogens (tertiary/aromatic N) is 2. The van der Waals surface area contributed by atoms with Gasteiger partial charge < -0.3 is 0 Å². The molecular weight excluding hydrogens is 232 g/mol. The van der Waals surface area contributed by atoms with E-state index in [0.717, 1.165) is 12.1 Å². The molecule has 0 aliphatic rings. The summed E-state index contributed by atoms with van der Waals surface area (Å²) in [7, 11) is 0. The second kappa shape index (κ2) is 5.11. The zero-order chi connectivity index (χ0) is 13.1. The fourth-order valence-corrected chi connectivity index (χ4v) is 2.11. The first-order chi connectivity index (χ1) is 9.31. The molecule has 0 atom stereocenters. The molecule has 0 saturated heterocycles. The van der Waals surface area contributed by atoms with Crippen molar-refractivity contribution in [1.82, 2.24) is 9.78 Å². The minimum Gasteiger partial charge on any atom is -0.268 e. The fourth-order valence-electron chi connectivity index (χ4n) is 2.11. The van der Waals surface area contributed by atoms with Crippen molar-refractivity contribution in [1.29, 1.82) is 0 Å². The third-order valence-corrected chi connectivity index (χ3v) is 3.21. The predicted octanol–water partition coefficient (Wildman–Crippen LogP) is 3.91. The Morgan fingerprint density at radius 2 is 1.63 bits per heavy atom.